The third-order valence-corrected chi connectivity index (χ3v) is 6.40. The highest BCUT2D eigenvalue weighted by Crippen LogP contribution is 2.38. The molecule has 4 aromatic rings. The van der Waals surface area contributed by atoms with E-state index in [1.165, 1.54) is 0 Å². The Morgan fingerprint density at radius 2 is 0.633 bits per heavy atom. The lowest BCUT2D eigenvalue weighted by Crippen LogP contribution is -1.70. The summed E-state index contributed by atoms with van der Waals surface area (Å²) in [6, 6.07) is 35.6. The fourth-order valence-electron chi connectivity index (χ4n) is 2.45. The molecule has 0 N–H and O–H groups in total. The van der Waals surface area contributed by atoms with Crippen molar-refractivity contribution in [2.45, 2.75) is 9.79 Å². The van der Waals surface area contributed by atoms with Gasteiger partial charge in [-0.15, -0.1) is 0 Å². The molecule has 0 unspecified atom stereocenters. The first kappa shape index (κ1) is 20.1. The van der Waals surface area contributed by atoms with Crippen molar-refractivity contribution in [3.63, 3.8) is 0 Å². The van der Waals surface area contributed by atoms with E-state index in [4.69, 9.17) is 0 Å². The second-order valence-electron chi connectivity index (χ2n) is 6.23. The van der Waals surface area contributed by atoms with Crippen LogP contribution in [-0.2, 0) is 0 Å². The van der Waals surface area contributed by atoms with E-state index in [1.807, 2.05) is 84.9 Å². The van der Waals surface area contributed by atoms with Gasteiger partial charge in [0.1, 0.15) is 0 Å². The van der Waals surface area contributed by atoms with E-state index in [1.54, 1.807) is 21.6 Å². The maximum atomic E-state index is 4.27. The zero-order chi connectivity index (χ0) is 20.4. The number of hydrogen-bond donors (Lipinski definition) is 0. The predicted molar refractivity (Wildman–Crippen MR) is 126 cm³/mol. The Kier molecular flexibility index (Phi) is 7.04. The minimum Gasteiger partial charge on any atom is -0.151 e. The second-order valence-corrected chi connectivity index (χ2v) is 8.50. The summed E-state index contributed by atoms with van der Waals surface area (Å²) in [6.07, 6.45) is 0. The first-order valence-corrected chi connectivity index (χ1v) is 11.5. The third-order valence-electron chi connectivity index (χ3n) is 3.98. The summed E-state index contributed by atoms with van der Waals surface area (Å²) in [5.41, 5.74) is 3.36. The Labute approximate surface area is 183 Å². The van der Waals surface area contributed by atoms with E-state index in [-0.39, 0.29) is 0 Å². The zero-order valence-electron chi connectivity index (χ0n) is 16.0. The van der Waals surface area contributed by atoms with Gasteiger partial charge in [-0.05, 0) is 72.8 Å². The Hall–Kier alpha value is -3.22. The smallest absolute Gasteiger partial charge is 0.0857 e. The largest absolute Gasteiger partial charge is 0.151 e. The van der Waals surface area contributed by atoms with Crippen molar-refractivity contribution in [3.05, 3.63) is 109 Å². The van der Waals surface area contributed by atoms with Crippen LogP contribution in [0.25, 0.3) is 0 Å². The quantitative estimate of drug-likeness (QED) is 0.218. The topological polar surface area (TPSA) is 49.4 Å². The van der Waals surface area contributed by atoms with Gasteiger partial charge in [0.2, 0.25) is 0 Å². The molecule has 0 amide bonds. The Bertz CT molecular complexity index is 1020. The molecule has 0 aromatic heterocycles. The first-order valence-electron chi connectivity index (χ1n) is 9.33. The standard InChI is InChI=1S/C24H18N4S2/c1-3-7-19(8-4-1)25-27-21-11-15-23(16-12-21)29-30-24-17-13-22(14-18-24)28-26-20-9-5-2-6-10-20/h1-18H/b27-25+,28-26+. The minimum absolute atomic E-state index is 0.835. The summed E-state index contributed by atoms with van der Waals surface area (Å²) in [4.78, 5) is 2.32. The fourth-order valence-corrected chi connectivity index (χ4v) is 4.38. The van der Waals surface area contributed by atoms with Gasteiger partial charge in [-0.25, -0.2) is 0 Å². The molecule has 0 aliphatic rings. The molecule has 30 heavy (non-hydrogen) atoms. The molecule has 4 nitrogen and oxygen atoms in total. The van der Waals surface area contributed by atoms with E-state index >= 15 is 0 Å². The fraction of sp³-hybridized carbons (Fsp3) is 0. The molecule has 0 fully saturated rings. The van der Waals surface area contributed by atoms with Crippen LogP contribution in [-0.4, -0.2) is 0 Å². The molecule has 4 rings (SSSR count). The minimum atomic E-state index is 0.835. The van der Waals surface area contributed by atoms with Gasteiger partial charge in [0.25, 0.3) is 0 Å². The van der Waals surface area contributed by atoms with Crippen LogP contribution in [0.15, 0.2) is 139 Å². The number of hydrogen-bond acceptors (Lipinski definition) is 6. The van der Waals surface area contributed by atoms with E-state index in [0.717, 1.165) is 32.5 Å². The number of azo groups is 2. The monoisotopic (exact) mass is 426 g/mol. The molecule has 146 valence electrons. The SMILES string of the molecule is c1ccc(/N=N/c2ccc(SSc3ccc(/N=N/c4ccccc4)cc3)cc2)cc1. The maximum absolute atomic E-state index is 4.27. The molecule has 0 heterocycles. The highest BCUT2D eigenvalue weighted by Gasteiger charge is 1.99. The molecule has 0 saturated heterocycles. The van der Waals surface area contributed by atoms with Crippen molar-refractivity contribution < 1.29 is 0 Å². The van der Waals surface area contributed by atoms with Crippen molar-refractivity contribution in [2.24, 2.45) is 20.5 Å². The van der Waals surface area contributed by atoms with Crippen molar-refractivity contribution in [1.82, 2.24) is 0 Å². The first-order chi connectivity index (χ1) is 14.8. The van der Waals surface area contributed by atoms with Crippen molar-refractivity contribution >= 4 is 44.3 Å². The summed E-state index contributed by atoms with van der Waals surface area (Å²) < 4.78 is 0. The third kappa shape index (κ3) is 6.14. The van der Waals surface area contributed by atoms with E-state index < -0.39 is 0 Å². The van der Waals surface area contributed by atoms with Gasteiger partial charge < -0.3 is 0 Å². The van der Waals surface area contributed by atoms with Gasteiger partial charge in [0.05, 0.1) is 22.7 Å². The van der Waals surface area contributed by atoms with Crippen molar-refractivity contribution in [2.75, 3.05) is 0 Å². The van der Waals surface area contributed by atoms with Gasteiger partial charge in [-0.3, -0.25) is 0 Å². The number of rotatable bonds is 7. The molecule has 0 spiro atoms. The summed E-state index contributed by atoms with van der Waals surface area (Å²) in [5, 5.41) is 17.0. The Morgan fingerprint density at radius 3 is 0.967 bits per heavy atom. The molecule has 4 aromatic carbocycles. The van der Waals surface area contributed by atoms with Crippen molar-refractivity contribution in [1.29, 1.82) is 0 Å². The van der Waals surface area contributed by atoms with Crippen LogP contribution >= 0.6 is 21.6 Å². The van der Waals surface area contributed by atoms with Crippen LogP contribution in [0, 0.1) is 0 Å². The van der Waals surface area contributed by atoms with Gasteiger partial charge in [0.15, 0.2) is 0 Å². The maximum Gasteiger partial charge on any atom is 0.0857 e. The lowest BCUT2D eigenvalue weighted by atomic mass is 10.3. The molecular formula is C24H18N4S2. The van der Waals surface area contributed by atoms with Crippen LogP contribution in [0.4, 0.5) is 22.7 Å². The average Bonchev–Trinajstić information content (AvgIpc) is 2.83. The normalized spacial score (nSPS) is 11.3. The van der Waals surface area contributed by atoms with Gasteiger partial charge in [-0.2, -0.15) is 20.5 Å². The second kappa shape index (κ2) is 10.5. The zero-order valence-corrected chi connectivity index (χ0v) is 17.6. The van der Waals surface area contributed by atoms with Crippen LogP contribution < -0.4 is 0 Å². The van der Waals surface area contributed by atoms with E-state index in [9.17, 15) is 0 Å². The lowest BCUT2D eigenvalue weighted by molar-refractivity contribution is 1.22. The summed E-state index contributed by atoms with van der Waals surface area (Å²) >= 11 is 0. The average molecular weight is 427 g/mol. The number of nitrogens with zero attached hydrogens (tertiary/aromatic N) is 4. The lowest BCUT2D eigenvalue weighted by Gasteiger charge is -2.02. The van der Waals surface area contributed by atoms with Crippen LogP contribution in [0.1, 0.15) is 0 Å². The van der Waals surface area contributed by atoms with Gasteiger partial charge >= 0.3 is 0 Å². The van der Waals surface area contributed by atoms with Gasteiger partial charge in [0, 0.05) is 9.79 Å². The van der Waals surface area contributed by atoms with E-state index in [0.29, 0.717) is 0 Å². The molecular weight excluding hydrogens is 408 g/mol. The molecule has 0 aliphatic heterocycles. The molecule has 0 radical (unpaired) electrons. The Balaban J connectivity index is 1.30. The molecule has 0 atom stereocenters. The summed E-state index contributed by atoms with van der Waals surface area (Å²) in [6.45, 7) is 0. The van der Waals surface area contributed by atoms with Crippen LogP contribution in [0.3, 0.4) is 0 Å². The highest BCUT2D eigenvalue weighted by atomic mass is 33.1. The Morgan fingerprint density at radius 1 is 0.333 bits per heavy atom. The van der Waals surface area contributed by atoms with E-state index in [2.05, 4.69) is 44.7 Å². The molecule has 0 aliphatic carbocycles. The van der Waals surface area contributed by atoms with Gasteiger partial charge in [-0.1, -0.05) is 58.0 Å². The van der Waals surface area contributed by atoms with Crippen LogP contribution in [0.2, 0.25) is 0 Å². The summed E-state index contributed by atoms with van der Waals surface area (Å²) in [7, 11) is 3.41. The molecule has 0 saturated carbocycles. The molecule has 6 heteroatoms. The summed E-state index contributed by atoms with van der Waals surface area (Å²) in [5.74, 6) is 0. The molecule has 0 bridgehead atoms. The van der Waals surface area contributed by atoms with Crippen LogP contribution in [0.5, 0.6) is 0 Å². The number of benzene rings is 4. The predicted octanol–water partition coefficient (Wildman–Crippen LogP) is 9.32. The van der Waals surface area contributed by atoms with Crippen molar-refractivity contribution in [3.8, 4) is 0 Å². The highest BCUT2D eigenvalue weighted by molar-refractivity contribution is 8.76.